The first-order valence-electron chi connectivity index (χ1n) is 23.8. The number of benzene rings is 2. The molecule has 410 valence electrons. The molecule has 25 heteroatoms. The van der Waals surface area contributed by atoms with E-state index in [1.165, 1.54) is 40.8 Å². The highest BCUT2D eigenvalue weighted by molar-refractivity contribution is 9.09. The Hall–Kier alpha value is -3.70. The van der Waals surface area contributed by atoms with Gasteiger partial charge < -0.3 is 60.8 Å². The third-order valence-corrected chi connectivity index (χ3v) is 16.3. The van der Waals surface area contributed by atoms with Crippen molar-refractivity contribution < 1.29 is 44.8 Å². The van der Waals surface area contributed by atoms with Crippen molar-refractivity contribution in [2.45, 2.75) is 165 Å². The van der Waals surface area contributed by atoms with Crippen molar-refractivity contribution in [2.75, 3.05) is 25.0 Å². The number of aliphatic imine (C=N–C) groups is 3. The Bertz CT molecular complexity index is 2400. The average Bonchev–Trinajstić information content (AvgIpc) is 4.24. The van der Waals surface area contributed by atoms with Crippen LogP contribution in [0.5, 0.6) is 0 Å². The largest absolute Gasteiger partial charge is 0.388 e. The zero-order chi connectivity index (χ0) is 50.0. The van der Waals surface area contributed by atoms with Crippen LogP contribution in [0.25, 0.3) is 0 Å². The SMILES string of the molecule is C.C.C.CCN=C1N[C@@H]2[C@@H](O)[C@H](O)[C@@H](CBr)O[C@@H]2S1.CCN=C1N[C@@H]2[C@@H](O)[C@H](O)[C@@H](Cn3cc(CCc4ccccc4)nn3)O[C@@H]2S1.CCN=C1N[C@@H]2[C@@H](O)[C@H](O)[C@@H](Cn3cc(Cc4ccccc4)nn3)O[C@@H]2S1. The van der Waals surface area contributed by atoms with Gasteiger partial charge in [0.05, 0.1) is 48.7 Å². The molecule has 4 aromatic rings. The van der Waals surface area contributed by atoms with Crippen molar-refractivity contribution in [1.82, 2.24) is 45.9 Å². The number of amidine groups is 3. The smallest absolute Gasteiger partial charge is 0.159 e. The fraction of sp³-hybridized carbons (Fsp3) is 0.612. The second-order valence-electron chi connectivity index (χ2n) is 17.4. The number of aromatic nitrogens is 6. The molecule has 9 N–H and O–H groups in total. The Balaban J connectivity index is 0.000000209. The monoisotopic (exact) mass is 1150 g/mol. The molecule has 6 fully saturated rings. The van der Waals surface area contributed by atoms with Crippen molar-refractivity contribution in [3.63, 3.8) is 0 Å². The Labute approximate surface area is 455 Å². The molecule has 21 nitrogen and oxygen atoms in total. The minimum Gasteiger partial charge on any atom is -0.388 e. The predicted molar refractivity (Wildman–Crippen MR) is 297 cm³/mol. The van der Waals surface area contributed by atoms with Crippen LogP contribution in [0.3, 0.4) is 0 Å². The summed E-state index contributed by atoms with van der Waals surface area (Å²) < 4.78 is 21.1. The van der Waals surface area contributed by atoms with Crippen LogP contribution in [0.4, 0.5) is 0 Å². The van der Waals surface area contributed by atoms with Gasteiger partial charge in [-0.2, -0.15) is 0 Å². The molecule has 0 amide bonds. The van der Waals surface area contributed by atoms with E-state index in [-0.39, 0.29) is 62.8 Å². The molecule has 10 rings (SSSR count). The number of alkyl halides is 1. The summed E-state index contributed by atoms with van der Waals surface area (Å²) in [5, 5.41) is 90.5. The van der Waals surface area contributed by atoms with Gasteiger partial charge in [0.15, 0.2) is 15.5 Å². The van der Waals surface area contributed by atoms with Crippen LogP contribution >= 0.6 is 51.2 Å². The Morgan fingerprint density at radius 3 is 1.32 bits per heavy atom. The summed E-state index contributed by atoms with van der Waals surface area (Å²) in [6, 6.07) is 19.3. The maximum atomic E-state index is 10.5. The van der Waals surface area contributed by atoms with Crippen LogP contribution in [0, 0.1) is 0 Å². The Morgan fingerprint density at radius 1 is 0.527 bits per heavy atom. The topological polar surface area (TPSA) is 284 Å². The fourth-order valence-electron chi connectivity index (χ4n) is 8.67. The summed E-state index contributed by atoms with van der Waals surface area (Å²) in [5.74, 6) is 0. The first-order chi connectivity index (χ1) is 34.4. The molecular weight excluding hydrogens is 1080 g/mol. The first-order valence-corrected chi connectivity index (χ1v) is 27.6. The summed E-state index contributed by atoms with van der Waals surface area (Å²) in [4.78, 5) is 12.9. The standard InChI is InChI=1S/C19H25N5O3S.C18H23N5O3S.C9H15BrN2O3S.3CH4/c1-2-20-19-21-15-17(26)16(25)14(27-18(15)28-19)11-24-10-13(22-23-24)9-8-12-6-4-3-5-7-12;1-2-19-18-20-14-16(25)15(24)13(26-17(14)27-18)10-23-9-12(21-22-23)8-11-6-4-3-5-7-11;1-2-11-9-12-5-7(14)6(13)4(3-10)15-8(5)16-9;;;/h3-7,10,14-18,25-26H,2,8-9,11H2,1H3,(H,20,21);3-7,9,13-17,24-25H,2,8,10H2,1H3,(H,19,20);4-8,13-14H,2-3H2,1H3,(H,11,12);3*1H4/t14-,15-,16-,17-,18-;13-,14-,15-,16-,17-;4-,5-,6-,7-,8-;;;/m111.../s1. The Kier molecular flexibility index (Phi) is 24.1. The molecule has 0 unspecified atom stereocenters. The second kappa shape index (κ2) is 29.2. The maximum absolute atomic E-state index is 10.5. The number of halogens is 1. The van der Waals surface area contributed by atoms with Crippen molar-refractivity contribution >= 4 is 66.7 Å². The van der Waals surface area contributed by atoms with Crippen molar-refractivity contribution in [3.05, 3.63) is 95.6 Å². The number of ether oxygens (including phenoxy) is 3. The zero-order valence-electron chi connectivity index (χ0n) is 39.5. The number of nitrogens with zero attached hydrogens (tertiary/aromatic N) is 9. The van der Waals surface area contributed by atoms with Crippen LogP contribution in [0.1, 0.15) is 65.6 Å². The second-order valence-corrected chi connectivity index (χ2v) is 21.3. The lowest BCUT2D eigenvalue weighted by Crippen LogP contribution is -2.59. The van der Waals surface area contributed by atoms with Gasteiger partial charge in [0.1, 0.15) is 65.1 Å². The summed E-state index contributed by atoms with van der Waals surface area (Å²) in [6.45, 7) is 8.50. The van der Waals surface area contributed by atoms with Gasteiger partial charge in [0, 0.05) is 43.8 Å². The molecule has 6 saturated heterocycles. The van der Waals surface area contributed by atoms with E-state index >= 15 is 0 Å². The van der Waals surface area contributed by atoms with E-state index in [1.807, 2.05) is 81.7 Å². The van der Waals surface area contributed by atoms with E-state index < -0.39 is 48.8 Å². The predicted octanol–water partition coefficient (Wildman–Crippen LogP) is 2.80. The number of hydrogen-bond donors (Lipinski definition) is 9. The average molecular weight is 1150 g/mol. The summed E-state index contributed by atoms with van der Waals surface area (Å²) >= 11 is 7.63. The van der Waals surface area contributed by atoms with Crippen molar-refractivity contribution in [2.24, 2.45) is 15.0 Å². The van der Waals surface area contributed by atoms with Gasteiger partial charge in [-0.15, -0.1) is 10.2 Å². The van der Waals surface area contributed by atoms with Crippen LogP contribution in [-0.2, 0) is 46.6 Å². The number of aliphatic hydroxyl groups is 6. The number of fused-ring (bicyclic) bond motifs is 3. The van der Waals surface area contributed by atoms with E-state index in [9.17, 15) is 30.6 Å². The molecule has 2 aromatic carbocycles. The van der Waals surface area contributed by atoms with E-state index in [1.54, 1.807) is 9.36 Å². The normalized spacial score (nSPS) is 33.1. The molecule has 15 atom stereocenters. The van der Waals surface area contributed by atoms with Gasteiger partial charge in [0.25, 0.3) is 0 Å². The lowest BCUT2D eigenvalue weighted by atomic mass is 9.98. The van der Waals surface area contributed by atoms with Crippen LogP contribution in [-0.4, -0.2) is 190 Å². The highest BCUT2D eigenvalue weighted by Gasteiger charge is 2.51. The molecule has 8 heterocycles. The number of nitrogens with one attached hydrogen (secondary N) is 3. The minimum absolute atomic E-state index is 0. The van der Waals surface area contributed by atoms with Crippen LogP contribution < -0.4 is 16.0 Å². The number of aliphatic hydroxyl groups excluding tert-OH is 6. The molecule has 2 aromatic heterocycles. The van der Waals surface area contributed by atoms with Gasteiger partial charge in [-0.1, -0.05) is 145 Å². The molecule has 74 heavy (non-hydrogen) atoms. The number of aryl methyl sites for hydroxylation is 2. The van der Waals surface area contributed by atoms with Crippen molar-refractivity contribution in [3.8, 4) is 0 Å². The molecule has 6 aliphatic heterocycles. The molecule has 0 radical (unpaired) electrons. The maximum Gasteiger partial charge on any atom is 0.159 e. The summed E-state index contributed by atoms with van der Waals surface area (Å²) in [5.41, 5.74) is 3.41. The molecular formula is C49H75BrN12O9S3. The van der Waals surface area contributed by atoms with E-state index in [0.717, 1.165) is 45.3 Å². The molecule has 0 aliphatic carbocycles. The number of thioether (sulfide) groups is 3. The van der Waals surface area contributed by atoms with Gasteiger partial charge in [0.2, 0.25) is 0 Å². The highest BCUT2D eigenvalue weighted by atomic mass is 79.9. The fourth-order valence-corrected chi connectivity index (χ4v) is 12.8. The van der Waals surface area contributed by atoms with Gasteiger partial charge in [-0.25, -0.2) is 9.36 Å². The van der Waals surface area contributed by atoms with Crippen LogP contribution in [0.2, 0.25) is 0 Å². The minimum atomic E-state index is -1.01. The summed E-state index contributed by atoms with van der Waals surface area (Å²) in [7, 11) is 0. The van der Waals surface area contributed by atoms with Crippen molar-refractivity contribution in [1.29, 1.82) is 0 Å². The third kappa shape index (κ3) is 15.3. The molecule has 6 aliphatic rings. The molecule has 0 saturated carbocycles. The highest BCUT2D eigenvalue weighted by Crippen LogP contribution is 2.37. The van der Waals surface area contributed by atoms with Gasteiger partial charge >= 0.3 is 0 Å². The Morgan fingerprint density at radius 2 is 0.905 bits per heavy atom. The van der Waals surface area contributed by atoms with Crippen LogP contribution in [0.15, 0.2) is 88.0 Å². The number of hydrogen-bond acceptors (Lipinski definition) is 19. The van der Waals surface area contributed by atoms with E-state index in [0.29, 0.717) is 44.5 Å². The van der Waals surface area contributed by atoms with E-state index in [2.05, 4.69) is 79.6 Å². The molecule has 0 spiro atoms. The van der Waals surface area contributed by atoms with Gasteiger partial charge in [-0.3, -0.25) is 15.0 Å². The zero-order valence-corrected chi connectivity index (χ0v) is 43.5. The lowest BCUT2D eigenvalue weighted by molar-refractivity contribution is -0.160. The molecule has 0 bridgehead atoms. The third-order valence-electron chi connectivity index (χ3n) is 12.4. The summed E-state index contributed by atoms with van der Waals surface area (Å²) in [6.07, 6.45) is -0.952. The first kappa shape index (κ1) is 61.2. The van der Waals surface area contributed by atoms with E-state index in [4.69, 9.17) is 14.2 Å². The quantitative estimate of drug-likeness (QED) is 0.0871. The van der Waals surface area contributed by atoms with Gasteiger partial charge in [-0.05, 0) is 44.7 Å². The lowest BCUT2D eigenvalue weighted by Gasteiger charge is -2.38. The number of rotatable bonds is 13.